The zero-order chi connectivity index (χ0) is 10.7. The van der Waals surface area contributed by atoms with Crippen molar-refractivity contribution in [2.75, 3.05) is 7.11 Å². The van der Waals surface area contributed by atoms with E-state index >= 15 is 0 Å². The van der Waals surface area contributed by atoms with Crippen molar-refractivity contribution in [3.05, 3.63) is 29.3 Å². The van der Waals surface area contributed by atoms with Gasteiger partial charge in [0.1, 0.15) is 5.69 Å². The van der Waals surface area contributed by atoms with E-state index in [0.717, 1.165) is 11.1 Å². The fourth-order valence-electron chi connectivity index (χ4n) is 1.24. The van der Waals surface area contributed by atoms with Crippen LogP contribution in [-0.4, -0.2) is 13.8 Å². The molecular formula is C11H12ClNO. The largest absolute Gasteiger partial charge is 0.493 e. The predicted octanol–water partition coefficient (Wildman–Crippen LogP) is 3.71. The minimum absolute atomic E-state index is 0.528. The summed E-state index contributed by atoms with van der Waals surface area (Å²) < 4.78 is 5.15. The fourth-order valence-corrected chi connectivity index (χ4v) is 1.47. The Bertz CT molecular complexity index is 385. The first-order valence-corrected chi connectivity index (χ1v) is 4.48. The van der Waals surface area contributed by atoms with Gasteiger partial charge in [-0.15, -0.1) is 0 Å². The highest BCUT2D eigenvalue weighted by Crippen LogP contribution is 2.39. The van der Waals surface area contributed by atoms with Gasteiger partial charge in [-0.1, -0.05) is 24.2 Å². The van der Waals surface area contributed by atoms with Gasteiger partial charge in [-0.05, 0) is 25.3 Å². The van der Waals surface area contributed by atoms with Gasteiger partial charge in [-0.25, -0.2) is 0 Å². The molecule has 3 heteroatoms. The number of ether oxygens (including phenoxy) is 1. The van der Waals surface area contributed by atoms with Gasteiger partial charge < -0.3 is 4.74 Å². The number of aliphatic imine (C=N–C) groups is 1. The van der Waals surface area contributed by atoms with Crippen LogP contribution in [0.3, 0.4) is 0 Å². The van der Waals surface area contributed by atoms with Gasteiger partial charge in [0.25, 0.3) is 0 Å². The van der Waals surface area contributed by atoms with Gasteiger partial charge in [0.15, 0.2) is 5.75 Å². The molecular weight excluding hydrogens is 198 g/mol. The molecule has 0 spiro atoms. The SMILES string of the molecule is C=Nc1c(C(=C)C)ccc(Cl)c1OC. The highest BCUT2D eigenvalue weighted by molar-refractivity contribution is 6.32. The van der Waals surface area contributed by atoms with E-state index in [9.17, 15) is 0 Å². The van der Waals surface area contributed by atoms with Gasteiger partial charge in [-0.3, -0.25) is 4.99 Å². The van der Waals surface area contributed by atoms with Crippen LogP contribution in [0.2, 0.25) is 5.02 Å². The maximum Gasteiger partial charge on any atom is 0.163 e. The summed E-state index contributed by atoms with van der Waals surface area (Å²) >= 11 is 5.94. The molecule has 0 amide bonds. The van der Waals surface area contributed by atoms with E-state index in [4.69, 9.17) is 16.3 Å². The van der Waals surface area contributed by atoms with E-state index in [1.807, 2.05) is 13.0 Å². The van der Waals surface area contributed by atoms with Crippen LogP contribution < -0.4 is 4.74 Å². The quantitative estimate of drug-likeness (QED) is 0.696. The average Bonchev–Trinajstić information content (AvgIpc) is 2.16. The monoisotopic (exact) mass is 209 g/mol. The Labute approximate surface area is 88.9 Å². The number of benzene rings is 1. The molecule has 0 heterocycles. The van der Waals surface area contributed by atoms with Crippen LogP contribution in [0.25, 0.3) is 5.57 Å². The fraction of sp³-hybridized carbons (Fsp3) is 0.182. The Morgan fingerprint density at radius 1 is 1.50 bits per heavy atom. The third-order valence-corrected chi connectivity index (χ3v) is 2.20. The van der Waals surface area contributed by atoms with Crippen molar-refractivity contribution >= 4 is 29.6 Å². The second kappa shape index (κ2) is 4.29. The van der Waals surface area contributed by atoms with E-state index in [1.165, 1.54) is 0 Å². The molecule has 1 aromatic rings. The highest BCUT2D eigenvalue weighted by Gasteiger charge is 2.11. The van der Waals surface area contributed by atoms with Crippen LogP contribution in [0, 0.1) is 0 Å². The Morgan fingerprint density at radius 2 is 2.14 bits per heavy atom. The lowest BCUT2D eigenvalue weighted by Crippen LogP contribution is -1.88. The Kier molecular flexibility index (Phi) is 3.31. The van der Waals surface area contributed by atoms with Crippen LogP contribution >= 0.6 is 11.6 Å². The van der Waals surface area contributed by atoms with E-state index < -0.39 is 0 Å². The summed E-state index contributed by atoms with van der Waals surface area (Å²) in [7, 11) is 1.55. The second-order valence-corrected chi connectivity index (χ2v) is 3.32. The number of halogens is 1. The van der Waals surface area contributed by atoms with E-state index in [2.05, 4.69) is 18.3 Å². The molecule has 1 rings (SSSR count). The summed E-state index contributed by atoms with van der Waals surface area (Å²) in [6, 6.07) is 3.62. The van der Waals surface area contributed by atoms with Crippen molar-refractivity contribution in [2.24, 2.45) is 4.99 Å². The number of hydrogen-bond acceptors (Lipinski definition) is 2. The standard InChI is InChI=1S/C11H12ClNO/c1-7(2)8-5-6-9(12)11(14-4)10(8)13-3/h5-6H,1,3H2,2,4H3. The molecule has 0 N–H and O–H groups in total. The van der Waals surface area contributed by atoms with E-state index in [1.54, 1.807) is 13.2 Å². The lowest BCUT2D eigenvalue weighted by Gasteiger charge is -2.11. The molecule has 0 unspecified atom stereocenters. The maximum atomic E-state index is 5.94. The van der Waals surface area contributed by atoms with Gasteiger partial charge in [-0.2, -0.15) is 0 Å². The van der Waals surface area contributed by atoms with Gasteiger partial charge >= 0.3 is 0 Å². The van der Waals surface area contributed by atoms with Crippen molar-refractivity contribution < 1.29 is 4.74 Å². The minimum atomic E-state index is 0.528. The Balaban J connectivity index is 3.48. The topological polar surface area (TPSA) is 21.6 Å². The molecule has 0 aliphatic carbocycles. The first-order valence-electron chi connectivity index (χ1n) is 4.11. The molecule has 0 fully saturated rings. The van der Waals surface area contributed by atoms with Crippen LogP contribution in [0.5, 0.6) is 5.75 Å². The first kappa shape index (κ1) is 10.8. The molecule has 0 aliphatic heterocycles. The number of allylic oxidation sites excluding steroid dienone is 1. The van der Waals surface area contributed by atoms with Crippen LogP contribution in [-0.2, 0) is 0 Å². The van der Waals surface area contributed by atoms with Crippen LogP contribution in [0.1, 0.15) is 12.5 Å². The molecule has 0 aromatic heterocycles. The number of rotatable bonds is 3. The van der Waals surface area contributed by atoms with Crippen LogP contribution in [0.4, 0.5) is 5.69 Å². The first-order chi connectivity index (χ1) is 6.61. The zero-order valence-corrected chi connectivity index (χ0v) is 9.06. The normalized spacial score (nSPS) is 9.64. The Morgan fingerprint density at radius 3 is 2.57 bits per heavy atom. The molecule has 74 valence electrons. The average molecular weight is 210 g/mol. The van der Waals surface area contributed by atoms with Gasteiger partial charge in [0, 0.05) is 5.56 Å². The summed E-state index contributed by atoms with van der Waals surface area (Å²) in [6.07, 6.45) is 0. The van der Waals surface area contributed by atoms with Crippen molar-refractivity contribution in [1.82, 2.24) is 0 Å². The highest BCUT2D eigenvalue weighted by atomic mass is 35.5. The number of nitrogens with zero attached hydrogens (tertiary/aromatic N) is 1. The van der Waals surface area contributed by atoms with Crippen molar-refractivity contribution in [1.29, 1.82) is 0 Å². The number of methoxy groups -OCH3 is 1. The van der Waals surface area contributed by atoms with Gasteiger partial charge in [0.05, 0.1) is 12.1 Å². The smallest absolute Gasteiger partial charge is 0.163 e. The molecule has 0 bridgehead atoms. The molecule has 0 atom stereocenters. The lowest BCUT2D eigenvalue weighted by molar-refractivity contribution is 0.416. The predicted molar refractivity (Wildman–Crippen MR) is 61.9 cm³/mol. The third-order valence-electron chi connectivity index (χ3n) is 1.91. The van der Waals surface area contributed by atoms with Crippen molar-refractivity contribution in [3.63, 3.8) is 0 Å². The van der Waals surface area contributed by atoms with Gasteiger partial charge in [0.2, 0.25) is 0 Å². The number of hydrogen-bond donors (Lipinski definition) is 0. The molecule has 14 heavy (non-hydrogen) atoms. The molecule has 0 saturated heterocycles. The summed E-state index contributed by atoms with van der Waals surface area (Å²) in [5.41, 5.74) is 2.45. The zero-order valence-electron chi connectivity index (χ0n) is 8.30. The lowest BCUT2D eigenvalue weighted by atomic mass is 10.1. The third kappa shape index (κ3) is 1.80. The molecule has 0 radical (unpaired) electrons. The van der Waals surface area contributed by atoms with E-state index in [-0.39, 0.29) is 0 Å². The molecule has 0 aliphatic rings. The second-order valence-electron chi connectivity index (χ2n) is 2.92. The molecule has 0 saturated carbocycles. The summed E-state index contributed by atoms with van der Waals surface area (Å²) in [5, 5.41) is 0.528. The summed E-state index contributed by atoms with van der Waals surface area (Å²) in [5.74, 6) is 0.544. The van der Waals surface area contributed by atoms with Crippen LogP contribution in [0.15, 0.2) is 23.7 Å². The van der Waals surface area contributed by atoms with Crippen molar-refractivity contribution in [3.8, 4) is 5.75 Å². The van der Waals surface area contributed by atoms with Crippen molar-refractivity contribution in [2.45, 2.75) is 6.92 Å². The summed E-state index contributed by atoms with van der Waals surface area (Å²) in [4.78, 5) is 3.90. The minimum Gasteiger partial charge on any atom is -0.493 e. The Hall–Kier alpha value is -1.28. The maximum absolute atomic E-state index is 5.94. The molecule has 1 aromatic carbocycles. The summed E-state index contributed by atoms with van der Waals surface area (Å²) in [6.45, 7) is 9.25. The molecule has 2 nitrogen and oxygen atoms in total. The van der Waals surface area contributed by atoms with E-state index in [0.29, 0.717) is 16.5 Å².